The highest BCUT2D eigenvalue weighted by atomic mass is 16.6. The summed E-state index contributed by atoms with van der Waals surface area (Å²) in [6.07, 6.45) is 1.04. The molecular weight excluding hydrogens is 234 g/mol. The summed E-state index contributed by atoms with van der Waals surface area (Å²) in [5, 5.41) is 9.45. The lowest BCUT2D eigenvalue weighted by atomic mass is 9.93. The number of nitrogens with zero attached hydrogens (tertiary/aromatic N) is 1. The van der Waals surface area contributed by atoms with E-state index in [9.17, 15) is 14.7 Å². The van der Waals surface area contributed by atoms with Crippen LogP contribution in [0, 0.1) is 0 Å². The van der Waals surface area contributed by atoms with Gasteiger partial charge in [-0.3, -0.25) is 4.90 Å². The van der Waals surface area contributed by atoms with Crippen LogP contribution in [0.1, 0.15) is 53.9 Å². The lowest BCUT2D eigenvalue weighted by Gasteiger charge is -2.37. The van der Waals surface area contributed by atoms with Gasteiger partial charge < -0.3 is 9.84 Å². The van der Waals surface area contributed by atoms with Crippen molar-refractivity contribution in [2.75, 3.05) is 0 Å². The first-order valence-corrected chi connectivity index (χ1v) is 6.40. The summed E-state index contributed by atoms with van der Waals surface area (Å²) in [7, 11) is 0. The van der Waals surface area contributed by atoms with E-state index >= 15 is 0 Å². The van der Waals surface area contributed by atoms with Crippen LogP contribution in [0.4, 0.5) is 4.79 Å². The van der Waals surface area contributed by atoms with Crippen molar-refractivity contribution < 1.29 is 19.4 Å². The van der Waals surface area contributed by atoms with Gasteiger partial charge in [0.2, 0.25) is 0 Å². The number of aliphatic carboxylic acids is 1. The minimum absolute atomic E-state index is 0.101. The topological polar surface area (TPSA) is 66.8 Å². The molecule has 0 spiro atoms. The van der Waals surface area contributed by atoms with Crippen LogP contribution in [0.15, 0.2) is 0 Å². The van der Waals surface area contributed by atoms with Gasteiger partial charge in [0.05, 0.1) is 0 Å². The molecule has 0 aromatic carbocycles. The Morgan fingerprint density at radius 3 is 2.39 bits per heavy atom. The molecule has 1 saturated heterocycles. The Bertz CT molecular complexity index is 347. The number of carbonyl (C=O) groups excluding carboxylic acids is 1. The van der Waals surface area contributed by atoms with Crippen molar-refractivity contribution in [3.05, 3.63) is 0 Å². The van der Waals surface area contributed by atoms with Gasteiger partial charge in [-0.25, -0.2) is 9.59 Å². The van der Waals surface area contributed by atoms with Crippen LogP contribution in [0.2, 0.25) is 0 Å². The van der Waals surface area contributed by atoms with Gasteiger partial charge in [-0.05, 0) is 47.0 Å². The van der Waals surface area contributed by atoms with Crippen LogP contribution in [0.25, 0.3) is 0 Å². The van der Waals surface area contributed by atoms with E-state index in [-0.39, 0.29) is 6.04 Å². The number of rotatable bonds is 2. The number of likely N-dealkylation sites (tertiary alicyclic amines) is 1. The zero-order chi connectivity index (χ0) is 14.1. The Labute approximate surface area is 108 Å². The Kier molecular flexibility index (Phi) is 3.93. The smallest absolute Gasteiger partial charge is 0.411 e. The van der Waals surface area contributed by atoms with Crippen molar-refractivity contribution in [3.63, 3.8) is 0 Å². The summed E-state index contributed by atoms with van der Waals surface area (Å²) in [6, 6.07) is -0.101. The van der Waals surface area contributed by atoms with Crippen LogP contribution < -0.4 is 0 Å². The van der Waals surface area contributed by atoms with Crippen molar-refractivity contribution in [1.29, 1.82) is 0 Å². The molecule has 1 aliphatic heterocycles. The highest BCUT2D eigenvalue weighted by Crippen LogP contribution is 2.38. The molecule has 5 nitrogen and oxygen atoms in total. The second kappa shape index (κ2) is 4.78. The number of carboxylic acid groups (broad SMARTS) is 1. The number of amides is 1. The molecule has 2 unspecified atom stereocenters. The summed E-state index contributed by atoms with van der Waals surface area (Å²) in [5.41, 5.74) is -1.72. The van der Waals surface area contributed by atoms with Crippen molar-refractivity contribution in [2.45, 2.75) is 71.1 Å². The molecule has 0 bridgehead atoms. The van der Waals surface area contributed by atoms with Crippen molar-refractivity contribution in [1.82, 2.24) is 4.90 Å². The Morgan fingerprint density at radius 1 is 1.44 bits per heavy atom. The van der Waals surface area contributed by atoms with Gasteiger partial charge in [0.15, 0.2) is 0 Å². The van der Waals surface area contributed by atoms with E-state index in [2.05, 4.69) is 0 Å². The molecule has 104 valence electrons. The van der Waals surface area contributed by atoms with E-state index in [0.717, 1.165) is 0 Å². The first kappa shape index (κ1) is 14.8. The van der Waals surface area contributed by atoms with E-state index in [1.165, 1.54) is 4.90 Å². The number of carboxylic acids is 1. The summed E-state index contributed by atoms with van der Waals surface area (Å²) in [6.45, 7) is 8.99. The van der Waals surface area contributed by atoms with E-state index in [1.807, 2.05) is 6.92 Å². The Balaban J connectivity index is 3.02. The third-order valence-corrected chi connectivity index (χ3v) is 3.45. The molecule has 1 N–H and O–H groups in total. The molecule has 0 aromatic rings. The van der Waals surface area contributed by atoms with Gasteiger partial charge in [-0.1, -0.05) is 6.92 Å². The first-order chi connectivity index (χ1) is 8.14. The van der Waals surface area contributed by atoms with Gasteiger partial charge >= 0.3 is 12.1 Å². The number of carbonyl (C=O) groups is 2. The quantitative estimate of drug-likeness (QED) is 0.825. The monoisotopic (exact) mass is 257 g/mol. The van der Waals surface area contributed by atoms with Gasteiger partial charge in [0.1, 0.15) is 11.1 Å². The maximum absolute atomic E-state index is 12.2. The predicted octanol–water partition coefficient (Wildman–Crippen LogP) is 2.64. The van der Waals surface area contributed by atoms with E-state index in [1.54, 1.807) is 27.7 Å². The molecule has 18 heavy (non-hydrogen) atoms. The number of hydrogen-bond acceptors (Lipinski definition) is 3. The second-order valence-electron chi connectivity index (χ2n) is 5.93. The maximum Gasteiger partial charge on any atom is 0.411 e. The van der Waals surface area contributed by atoms with E-state index in [0.29, 0.717) is 19.3 Å². The third-order valence-electron chi connectivity index (χ3n) is 3.45. The molecule has 0 aliphatic carbocycles. The van der Waals surface area contributed by atoms with Gasteiger partial charge in [-0.15, -0.1) is 0 Å². The molecule has 1 fully saturated rings. The van der Waals surface area contributed by atoms with Crippen LogP contribution in [0.5, 0.6) is 0 Å². The van der Waals surface area contributed by atoms with Crippen molar-refractivity contribution in [3.8, 4) is 0 Å². The molecule has 1 amide bonds. The Morgan fingerprint density at radius 2 is 2.00 bits per heavy atom. The van der Waals surface area contributed by atoms with E-state index < -0.39 is 23.2 Å². The van der Waals surface area contributed by atoms with Gasteiger partial charge in [0, 0.05) is 6.04 Å². The van der Waals surface area contributed by atoms with Gasteiger partial charge in [-0.2, -0.15) is 0 Å². The predicted molar refractivity (Wildman–Crippen MR) is 67.4 cm³/mol. The minimum atomic E-state index is -1.11. The lowest BCUT2D eigenvalue weighted by Crippen LogP contribution is -2.55. The maximum atomic E-state index is 12.2. The summed E-state index contributed by atoms with van der Waals surface area (Å²) in [5.74, 6) is -0.944. The molecule has 0 radical (unpaired) electrons. The SMILES string of the molecule is CCC1(C(=O)O)CCC(C)N1C(=O)OC(C)(C)C. The largest absolute Gasteiger partial charge is 0.479 e. The summed E-state index contributed by atoms with van der Waals surface area (Å²) in [4.78, 5) is 25.1. The normalized spacial score (nSPS) is 28.3. The molecule has 2 atom stereocenters. The second-order valence-corrected chi connectivity index (χ2v) is 5.93. The minimum Gasteiger partial charge on any atom is -0.479 e. The summed E-state index contributed by atoms with van der Waals surface area (Å²) < 4.78 is 5.32. The fourth-order valence-electron chi connectivity index (χ4n) is 2.49. The molecule has 1 aliphatic rings. The highest BCUT2D eigenvalue weighted by Gasteiger charge is 2.53. The first-order valence-electron chi connectivity index (χ1n) is 6.40. The molecule has 1 heterocycles. The van der Waals surface area contributed by atoms with E-state index in [4.69, 9.17) is 4.74 Å². The van der Waals surface area contributed by atoms with Crippen molar-refractivity contribution >= 4 is 12.1 Å². The van der Waals surface area contributed by atoms with Crippen LogP contribution >= 0.6 is 0 Å². The van der Waals surface area contributed by atoms with Crippen molar-refractivity contribution in [2.24, 2.45) is 0 Å². The molecule has 5 heteroatoms. The average Bonchev–Trinajstić information content (AvgIpc) is 2.53. The summed E-state index contributed by atoms with van der Waals surface area (Å²) >= 11 is 0. The molecule has 0 aromatic heterocycles. The van der Waals surface area contributed by atoms with Crippen LogP contribution in [-0.4, -0.2) is 39.3 Å². The van der Waals surface area contributed by atoms with Gasteiger partial charge in [0.25, 0.3) is 0 Å². The lowest BCUT2D eigenvalue weighted by molar-refractivity contribution is -0.150. The van der Waals surface area contributed by atoms with Crippen LogP contribution in [-0.2, 0) is 9.53 Å². The third kappa shape index (κ3) is 2.60. The number of ether oxygens (including phenoxy) is 1. The zero-order valence-electron chi connectivity index (χ0n) is 11.8. The fourth-order valence-corrected chi connectivity index (χ4v) is 2.49. The molecular formula is C13H23NO4. The zero-order valence-corrected chi connectivity index (χ0v) is 11.8. The highest BCUT2D eigenvalue weighted by molar-refractivity contribution is 5.85. The average molecular weight is 257 g/mol. The molecule has 0 saturated carbocycles. The Hall–Kier alpha value is -1.26. The number of hydrogen-bond donors (Lipinski definition) is 1. The van der Waals surface area contributed by atoms with Crippen LogP contribution in [0.3, 0.4) is 0 Å². The molecule has 1 rings (SSSR count). The standard InChI is InChI=1S/C13H23NO4/c1-6-13(10(15)16)8-7-9(2)14(13)11(17)18-12(3,4)5/h9H,6-8H2,1-5H3,(H,15,16). The fraction of sp³-hybridized carbons (Fsp3) is 0.846.